The molecule has 1 aromatic carbocycles. The van der Waals surface area contributed by atoms with Crippen molar-refractivity contribution in [3.63, 3.8) is 0 Å². The van der Waals surface area contributed by atoms with Crippen molar-refractivity contribution < 1.29 is 13.6 Å². The highest BCUT2D eigenvalue weighted by Crippen LogP contribution is 2.28. The van der Waals surface area contributed by atoms with Crippen LogP contribution in [0.1, 0.15) is 46.5 Å². The quantitative estimate of drug-likeness (QED) is 0.709. The fourth-order valence-corrected chi connectivity index (χ4v) is 3.33. The molecule has 1 amide bonds. The summed E-state index contributed by atoms with van der Waals surface area (Å²) < 4.78 is 18.9. The highest BCUT2D eigenvalue weighted by atomic mass is 19.1. The number of halogens is 1. The molecular formula is C20H19FN4O2. The average molecular weight is 366 g/mol. The Labute approximate surface area is 156 Å². The monoisotopic (exact) mass is 366 g/mol. The van der Waals surface area contributed by atoms with Gasteiger partial charge in [-0.25, -0.2) is 14.4 Å². The number of likely N-dealkylation sites (tertiary alicyclic amines) is 1. The summed E-state index contributed by atoms with van der Waals surface area (Å²) in [5.74, 6) is 1.05. The first-order valence-electron chi connectivity index (χ1n) is 8.93. The molecular weight excluding hydrogens is 347 g/mol. The molecule has 7 heteroatoms. The Bertz CT molecular complexity index is 911. The number of nitrogens with zero attached hydrogens (tertiary/aromatic N) is 4. The molecule has 1 aliphatic rings. The van der Waals surface area contributed by atoms with Crippen molar-refractivity contribution in [2.75, 3.05) is 13.1 Å². The van der Waals surface area contributed by atoms with Gasteiger partial charge in [0.05, 0.1) is 18.3 Å². The van der Waals surface area contributed by atoms with Gasteiger partial charge in [0.1, 0.15) is 17.3 Å². The van der Waals surface area contributed by atoms with Crippen molar-refractivity contribution in [3.8, 4) is 0 Å². The number of amides is 1. The number of hydrogen-bond acceptors (Lipinski definition) is 5. The number of aromatic nitrogens is 3. The lowest BCUT2D eigenvalue weighted by Crippen LogP contribution is -2.39. The van der Waals surface area contributed by atoms with Crippen LogP contribution in [0.25, 0.3) is 0 Å². The second-order valence-electron chi connectivity index (χ2n) is 6.65. The first-order chi connectivity index (χ1) is 13.2. The van der Waals surface area contributed by atoms with Crippen molar-refractivity contribution in [1.29, 1.82) is 0 Å². The largest absolute Gasteiger partial charge is 0.445 e. The van der Waals surface area contributed by atoms with Crippen LogP contribution < -0.4 is 0 Å². The van der Waals surface area contributed by atoms with Gasteiger partial charge in [-0.3, -0.25) is 9.78 Å². The molecule has 0 saturated carbocycles. The Balaban J connectivity index is 1.43. The first-order valence-corrected chi connectivity index (χ1v) is 8.93. The van der Waals surface area contributed by atoms with Crippen LogP contribution in [0.3, 0.4) is 0 Å². The van der Waals surface area contributed by atoms with Crippen molar-refractivity contribution in [3.05, 3.63) is 77.8 Å². The van der Waals surface area contributed by atoms with Crippen molar-refractivity contribution in [2.45, 2.75) is 25.2 Å². The second kappa shape index (κ2) is 7.65. The van der Waals surface area contributed by atoms with Gasteiger partial charge in [0.15, 0.2) is 5.89 Å². The summed E-state index contributed by atoms with van der Waals surface area (Å²) in [5.41, 5.74) is 1.31. The molecule has 0 aliphatic carbocycles. The van der Waals surface area contributed by atoms with E-state index in [1.54, 1.807) is 29.4 Å². The highest BCUT2D eigenvalue weighted by Gasteiger charge is 2.29. The average Bonchev–Trinajstić information content (AvgIpc) is 3.18. The fraction of sp³-hybridized carbons (Fsp3) is 0.300. The van der Waals surface area contributed by atoms with E-state index < -0.39 is 0 Å². The summed E-state index contributed by atoms with van der Waals surface area (Å²) in [4.78, 5) is 26.8. The fourth-order valence-electron chi connectivity index (χ4n) is 3.33. The lowest BCUT2D eigenvalue weighted by molar-refractivity contribution is 0.0691. The Kier molecular flexibility index (Phi) is 4.91. The SMILES string of the molecule is O=C(c1cnccn1)N1CCCC(c2ncc(Cc3ccc(F)cc3)o2)C1. The third kappa shape index (κ3) is 4.02. The molecule has 2 aromatic heterocycles. The zero-order valence-electron chi connectivity index (χ0n) is 14.7. The van der Waals surface area contributed by atoms with E-state index in [9.17, 15) is 9.18 Å². The molecule has 0 spiro atoms. The van der Waals surface area contributed by atoms with E-state index >= 15 is 0 Å². The van der Waals surface area contributed by atoms with Gasteiger partial charge >= 0.3 is 0 Å². The van der Waals surface area contributed by atoms with Crippen LogP contribution in [0.2, 0.25) is 0 Å². The summed E-state index contributed by atoms with van der Waals surface area (Å²) in [7, 11) is 0. The number of carbonyl (C=O) groups is 1. The Morgan fingerprint density at radius 2 is 2.04 bits per heavy atom. The van der Waals surface area contributed by atoms with E-state index in [4.69, 9.17) is 4.42 Å². The van der Waals surface area contributed by atoms with Crippen molar-refractivity contribution >= 4 is 5.91 Å². The minimum Gasteiger partial charge on any atom is -0.445 e. The van der Waals surface area contributed by atoms with Gasteiger partial charge in [0.2, 0.25) is 0 Å². The molecule has 0 bridgehead atoms. The number of piperidine rings is 1. The number of rotatable bonds is 4. The molecule has 4 rings (SSSR count). The first kappa shape index (κ1) is 17.3. The van der Waals surface area contributed by atoms with Gasteiger partial charge in [-0.15, -0.1) is 0 Å². The minimum atomic E-state index is -0.257. The van der Waals surface area contributed by atoms with Gasteiger partial charge in [-0.1, -0.05) is 12.1 Å². The molecule has 3 aromatic rings. The normalized spacial score (nSPS) is 17.1. The summed E-state index contributed by atoms with van der Waals surface area (Å²) in [5, 5.41) is 0. The summed E-state index contributed by atoms with van der Waals surface area (Å²) in [6.45, 7) is 1.24. The Morgan fingerprint density at radius 3 is 2.81 bits per heavy atom. The van der Waals surface area contributed by atoms with Crippen molar-refractivity contribution in [1.82, 2.24) is 19.9 Å². The maximum absolute atomic E-state index is 13.0. The van der Waals surface area contributed by atoms with Gasteiger partial charge in [0.25, 0.3) is 5.91 Å². The van der Waals surface area contributed by atoms with Crippen LogP contribution in [0.4, 0.5) is 4.39 Å². The van der Waals surface area contributed by atoms with Crippen LogP contribution >= 0.6 is 0 Å². The van der Waals surface area contributed by atoms with E-state index in [1.807, 2.05) is 0 Å². The van der Waals surface area contributed by atoms with Crippen molar-refractivity contribution in [2.24, 2.45) is 0 Å². The minimum absolute atomic E-state index is 0.0568. The van der Waals surface area contributed by atoms with Crippen LogP contribution in [-0.4, -0.2) is 38.8 Å². The predicted molar refractivity (Wildman–Crippen MR) is 95.6 cm³/mol. The molecule has 1 saturated heterocycles. The molecule has 6 nitrogen and oxygen atoms in total. The second-order valence-corrected chi connectivity index (χ2v) is 6.65. The van der Waals surface area contributed by atoms with Crippen LogP contribution in [0.15, 0.2) is 53.5 Å². The van der Waals surface area contributed by atoms with Gasteiger partial charge in [-0.2, -0.15) is 0 Å². The molecule has 3 heterocycles. The Hall–Kier alpha value is -3.09. The molecule has 1 aliphatic heterocycles. The van der Waals surface area contributed by atoms with Gasteiger partial charge < -0.3 is 9.32 Å². The molecule has 0 radical (unpaired) electrons. The molecule has 27 heavy (non-hydrogen) atoms. The van der Waals surface area contributed by atoms with E-state index in [0.29, 0.717) is 31.1 Å². The van der Waals surface area contributed by atoms with Crippen LogP contribution in [0.5, 0.6) is 0 Å². The topological polar surface area (TPSA) is 72.1 Å². The smallest absolute Gasteiger partial charge is 0.274 e. The molecule has 1 fully saturated rings. The molecule has 1 atom stereocenters. The molecule has 1 unspecified atom stereocenters. The summed E-state index contributed by atoms with van der Waals surface area (Å²) >= 11 is 0. The highest BCUT2D eigenvalue weighted by molar-refractivity contribution is 5.92. The van der Waals surface area contributed by atoms with E-state index in [1.165, 1.54) is 24.5 Å². The van der Waals surface area contributed by atoms with Crippen LogP contribution in [-0.2, 0) is 6.42 Å². The molecule has 138 valence electrons. The lowest BCUT2D eigenvalue weighted by atomic mass is 9.98. The zero-order chi connectivity index (χ0) is 18.6. The number of oxazole rings is 1. The number of carbonyl (C=O) groups excluding carboxylic acids is 1. The van der Waals surface area contributed by atoms with Gasteiger partial charge in [-0.05, 0) is 30.5 Å². The van der Waals surface area contributed by atoms with Crippen LogP contribution in [0, 0.1) is 5.82 Å². The zero-order valence-corrected chi connectivity index (χ0v) is 14.7. The summed E-state index contributed by atoms with van der Waals surface area (Å²) in [6, 6.07) is 6.34. The number of benzene rings is 1. The number of hydrogen-bond donors (Lipinski definition) is 0. The maximum atomic E-state index is 13.0. The standard InChI is InChI=1S/C20H19FN4O2/c21-16-5-3-14(4-6-16)10-17-11-24-19(27-17)15-2-1-9-25(13-15)20(26)18-12-22-7-8-23-18/h3-8,11-12,15H,1-2,9-10,13H2. The third-order valence-corrected chi connectivity index (χ3v) is 4.70. The summed E-state index contributed by atoms with van der Waals surface area (Å²) in [6.07, 6.45) is 8.62. The van der Waals surface area contributed by atoms with E-state index in [-0.39, 0.29) is 17.6 Å². The molecule has 0 N–H and O–H groups in total. The lowest BCUT2D eigenvalue weighted by Gasteiger charge is -2.30. The predicted octanol–water partition coefficient (Wildman–Crippen LogP) is 3.21. The van der Waals surface area contributed by atoms with E-state index in [0.717, 1.165) is 24.2 Å². The Morgan fingerprint density at radius 1 is 1.19 bits per heavy atom. The van der Waals surface area contributed by atoms with E-state index in [2.05, 4.69) is 15.0 Å². The van der Waals surface area contributed by atoms with Gasteiger partial charge in [0, 0.05) is 31.9 Å². The maximum Gasteiger partial charge on any atom is 0.274 e. The third-order valence-electron chi connectivity index (χ3n) is 4.70.